The van der Waals surface area contributed by atoms with Crippen molar-refractivity contribution in [2.75, 3.05) is 27.9 Å². The number of likely N-dealkylation sites (tertiary alicyclic amines) is 1. The van der Waals surface area contributed by atoms with Gasteiger partial charge in [0, 0.05) is 25.2 Å². The number of ether oxygens (including phenoxy) is 3. The second kappa shape index (κ2) is 12.5. The fourth-order valence-corrected chi connectivity index (χ4v) is 6.18. The van der Waals surface area contributed by atoms with Crippen molar-refractivity contribution in [1.82, 2.24) is 10.2 Å². The third kappa shape index (κ3) is 5.59. The third-order valence-corrected chi connectivity index (χ3v) is 8.19. The molecule has 38 heavy (non-hydrogen) atoms. The largest absolute Gasteiger partial charge is 0.493 e. The highest BCUT2D eigenvalue weighted by atomic mass is 16.5. The highest BCUT2D eigenvalue weighted by Crippen LogP contribution is 2.53. The zero-order chi connectivity index (χ0) is 27.1. The van der Waals surface area contributed by atoms with E-state index in [0.29, 0.717) is 24.5 Å². The van der Waals surface area contributed by atoms with Crippen molar-refractivity contribution in [2.45, 2.75) is 70.8 Å². The molecule has 0 aromatic heterocycles. The summed E-state index contributed by atoms with van der Waals surface area (Å²) in [5.74, 6) is -0.452. The van der Waals surface area contributed by atoms with Crippen molar-refractivity contribution in [3.63, 3.8) is 0 Å². The maximum absolute atomic E-state index is 13.9. The standard InChI is InChI=1S/C30H40N2O6/c1-36-24-14-13-22(18-25(24)37-2)20-31-27(33)19-23-28(34)32(17-15-21-10-6-4-7-11-21)26-12-8-5-9-16-30(23,26)29(35)38-3/h10,12-14,18,23H,4-9,11,15-17,19-20H2,1-3H3,(H,31,33)/t23-,30-/m1/s1. The van der Waals surface area contributed by atoms with Crippen LogP contribution in [0.1, 0.15) is 69.8 Å². The monoisotopic (exact) mass is 524 g/mol. The van der Waals surface area contributed by atoms with Gasteiger partial charge in [-0.05, 0) is 69.1 Å². The molecular weight excluding hydrogens is 484 g/mol. The van der Waals surface area contributed by atoms with E-state index < -0.39 is 17.3 Å². The third-order valence-electron chi connectivity index (χ3n) is 8.19. The molecule has 1 aromatic rings. The number of esters is 1. The van der Waals surface area contributed by atoms with E-state index >= 15 is 0 Å². The van der Waals surface area contributed by atoms with Crippen molar-refractivity contribution >= 4 is 17.8 Å². The summed E-state index contributed by atoms with van der Waals surface area (Å²) in [6.07, 6.45) is 12.6. The number of fused-ring (bicyclic) bond motifs is 1. The minimum atomic E-state index is -1.12. The van der Waals surface area contributed by atoms with Crippen molar-refractivity contribution in [3.8, 4) is 11.5 Å². The minimum absolute atomic E-state index is 0.0717. The lowest BCUT2D eigenvalue weighted by Gasteiger charge is -2.31. The Balaban J connectivity index is 1.54. The Kier molecular flexibility index (Phi) is 9.13. The number of allylic oxidation sites excluding steroid dienone is 2. The minimum Gasteiger partial charge on any atom is -0.493 e. The van der Waals surface area contributed by atoms with Gasteiger partial charge in [0.25, 0.3) is 0 Å². The molecule has 3 aliphatic rings. The average molecular weight is 525 g/mol. The van der Waals surface area contributed by atoms with Crippen LogP contribution in [0.3, 0.4) is 0 Å². The molecule has 0 bridgehead atoms. The first-order valence-corrected chi connectivity index (χ1v) is 13.7. The molecule has 1 saturated heterocycles. The molecule has 0 saturated carbocycles. The number of nitrogens with zero attached hydrogens (tertiary/aromatic N) is 1. The number of benzene rings is 1. The van der Waals surface area contributed by atoms with Crippen molar-refractivity contribution in [2.24, 2.45) is 11.3 Å². The number of rotatable bonds is 10. The molecule has 206 valence electrons. The Bertz CT molecular complexity index is 1110. The van der Waals surface area contributed by atoms with Gasteiger partial charge in [-0.2, -0.15) is 0 Å². The van der Waals surface area contributed by atoms with E-state index in [4.69, 9.17) is 14.2 Å². The molecule has 8 heteroatoms. The van der Waals surface area contributed by atoms with Crippen LogP contribution in [0, 0.1) is 11.3 Å². The van der Waals surface area contributed by atoms with Crippen LogP contribution in [0.25, 0.3) is 0 Å². The summed E-state index contributed by atoms with van der Waals surface area (Å²) in [5, 5.41) is 2.93. The Labute approximate surface area is 225 Å². The first kappa shape index (κ1) is 27.7. The van der Waals surface area contributed by atoms with Crippen LogP contribution < -0.4 is 14.8 Å². The fraction of sp³-hybridized carbons (Fsp3) is 0.567. The van der Waals surface area contributed by atoms with Crippen LogP contribution in [0.4, 0.5) is 0 Å². The van der Waals surface area contributed by atoms with Crippen LogP contribution in [0.5, 0.6) is 11.5 Å². The Morgan fingerprint density at radius 1 is 1.03 bits per heavy atom. The molecule has 2 atom stereocenters. The van der Waals surface area contributed by atoms with E-state index in [1.807, 2.05) is 18.2 Å². The highest BCUT2D eigenvalue weighted by Gasteiger charge is 2.61. The number of methoxy groups -OCH3 is 3. The molecule has 0 unspecified atom stereocenters. The van der Waals surface area contributed by atoms with Gasteiger partial charge < -0.3 is 24.4 Å². The Morgan fingerprint density at radius 3 is 2.50 bits per heavy atom. The molecule has 2 aliphatic carbocycles. The second-order valence-corrected chi connectivity index (χ2v) is 10.4. The van der Waals surface area contributed by atoms with Crippen LogP contribution in [-0.2, 0) is 25.7 Å². The molecule has 1 heterocycles. The van der Waals surface area contributed by atoms with E-state index in [0.717, 1.165) is 49.8 Å². The van der Waals surface area contributed by atoms with E-state index in [1.54, 1.807) is 25.2 Å². The SMILES string of the molecule is COC(=O)[C@@]12CCCCC=C1N(CCC1=CCCCC1)C(=O)[C@H]2CC(=O)NCc1ccc(OC)c(OC)c1. The van der Waals surface area contributed by atoms with Crippen LogP contribution in [-0.4, -0.2) is 50.6 Å². The number of hydrogen-bond acceptors (Lipinski definition) is 6. The molecule has 1 fully saturated rings. The summed E-state index contributed by atoms with van der Waals surface area (Å²) < 4.78 is 15.9. The summed E-state index contributed by atoms with van der Waals surface area (Å²) in [6.45, 7) is 0.797. The first-order chi connectivity index (χ1) is 18.4. The van der Waals surface area contributed by atoms with Gasteiger partial charge in [0.2, 0.25) is 11.8 Å². The van der Waals surface area contributed by atoms with Gasteiger partial charge in [-0.1, -0.05) is 30.2 Å². The van der Waals surface area contributed by atoms with E-state index in [9.17, 15) is 14.4 Å². The molecule has 2 amide bonds. The Hall–Kier alpha value is -3.29. The van der Waals surface area contributed by atoms with Gasteiger partial charge in [-0.15, -0.1) is 0 Å². The summed E-state index contributed by atoms with van der Waals surface area (Å²) in [6, 6.07) is 5.45. The molecular formula is C30H40N2O6. The molecule has 1 aliphatic heterocycles. The number of carbonyl (C=O) groups excluding carboxylic acids is 3. The molecule has 1 aromatic carbocycles. The second-order valence-electron chi connectivity index (χ2n) is 10.4. The topological polar surface area (TPSA) is 94.2 Å². The van der Waals surface area contributed by atoms with Crippen molar-refractivity contribution in [1.29, 1.82) is 0 Å². The number of carbonyl (C=O) groups is 3. The number of hydrogen-bond donors (Lipinski definition) is 1. The van der Waals surface area contributed by atoms with Crippen molar-refractivity contribution in [3.05, 3.63) is 47.2 Å². The first-order valence-electron chi connectivity index (χ1n) is 13.7. The van der Waals surface area contributed by atoms with Crippen LogP contribution in [0.15, 0.2) is 41.6 Å². The lowest BCUT2D eigenvalue weighted by molar-refractivity contribution is -0.155. The summed E-state index contributed by atoms with van der Waals surface area (Å²) in [7, 11) is 4.50. The lowest BCUT2D eigenvalue weighted by atomic mass is 9.71. The predicted octanol–water partition coefficient (Wildman–Crippen LogP) is 4.68. The van der Waals surface area contributed by atoms with Gasteiger partial charge >= 0.3 is 5.97 Å². The van der Waals surface area contributed by atoms with Crippen molar-refractivity contribution < 1.29 is 28.6 Å². The predicted molar refractivity (Wildman–Crippen MR) is 143 cm³/mol. The fourth-order valence-electron chi connectivity index (χ4n) is 6.18. The summed E-state index contributed by atoms with van der Waals surface area (Å²) >= 11 is 0. The van der Waals surface area contributed by atoms with Gasteiger partial charge in [0.1, 0.15) is 5.41 Å². The number of nitrogens with one attached hydrogen (secondary N) is 1. The lowest BCUT2D eigenvalue weighted by Crippen LogP contribution is -2.41. The van der Waals surface area contributed by atoms with Gasteiger partial charge in [0.05, 0.1) is 27.2 Å². The molecule has 1 N–H and O–H groups in total. The van der Waals surface area contributed by atoms with Gasteiger partial charge in [-0.25, -0.2) is 0 Å². The highest BCUT2D eigenvalue weighted by molar-refractivity contribution is 5.98. The normalized spacial score (nSPS) is 23.1. The molecule has 8 nitrogen and oxygen atoms in total. The molecule has 0 spiro atoms. The maximum Gasteiger partial charge on any atom is 0.318 e. The molecule has 4 rings (SSSR count). The van der Waals surface area contributed by atoms with E-state index in [-0.39, 0.29) is 24.8 Å². The van der Waals surface area contributed by atoms with Gasteiger partial charge in [0.15, 0.2) is 11.5 Å². The zero-order valence-corrected chi connectivity index (χ0v) is 22.8. The van der Waals surface area contributed by atoms with E-state index in [2.05, 4.69) is 11.4 Å². The smallest absolute Gasteiger partial charge is 0.318 e. The molecule has 0 radical (unpaired) electrons. The summed E-state index contributed by atoms with van der Waals surface area (Å²) in [4.78, 5) is 42.3. The zero-order valence-electron chi connectivity index (χ0n) is 22.8. The van der Waals surface area contributed by atoms with E-state index in [1.165, 1.54) is 25.5 Å². The number of amides is 2. The quantitative estimate of drug-likeness (QED) is 0.353. The van der Waals surface area contributed by atoms with Crippen LogP contribution >= 0.6 is 0 Å². The average Bonchev–Trinajstić information content (AvgIpc) is 3.07. The Morgan fingerprint density at radius 2 is 1.79 bits per heavy atom. The summed E-state index contributed by atoms with van der Waals surface area (Å²) in [5.41, 5.74) is 1.83. The maximum atomic E-state index is 13.9. The van der Waals surface area contributed by atoms with Crippen LogP contribution in [0.2, 0.25) is 0 Å². The van der Waals surface area contributed by atoms with Gasteiger partial charge in [-0.3, -0.25) is 14.4 Å².